The predicted molar refractivity (Wildman–Crippen MR) is 270 cm³/mol. The minimum atomic E-state index is -4.31. The fourth-order valence-electron chi connectivity index (χ4n) is 8.21. The summed E-state index contributed by atoms with van der Waals surface area (Å²) in [6.07, 6.45) is 0. The van der Waals surface area contributed by atoms with Crippen molar-refractivity contribution in [1.29, 1.82) is 0 Å². The van der Waals surface area contributed by atoms with Crippen LogP contribution in [0.2, 0.25) is 0 Å². The van der Waals surface area contributed by atoms with Gasteiger partial charge in [-0.3, -0.25) is 0 Å². The molecule has 65 heavy (non-hydrogen) atoms. The minimum absolute atomic E-state index is 0.782. The van der Waals surface area contributed by atoms with E-state index in [1.54, 1.807) is 28.4 Å². The summed E-state index contributed by atoms with van der Waals surface area (Å²) in [6.45, 7) is 0. The van der Waals surface area contributed by atoms with Crippen molar-refractivity contribution in [3.8, 4) is 0 Å². The van der Waals surface area contributed by atoms with Gasteiger partial charge < -0.3 is 34.2 Å². The molecule has 0 heterocycles. The molecule has 0 aliphatic carbocycles. The summed E-state index contributed by atoms with van der Waals surface area (Å²) in [5.74, 6) is 0. The van der Waals surface area contributed by atoms with Gasteiger partial charge in [0, 0.05) is 38.8 Å². The van der Waals surface area contributed by atoms with E-state index >= 15 is 0 Å². The van der Waals surface area contributed by atoms with Crippen molar-refractivity contribution in [2.75, 3.05) is 28.4 Å². The Morgan fingerprint density at radius 1 is 0.200 bits per heavy atom. The summed E-state index contributed by atoms with van der Waals surface area (Å²) in [6, 6.07) is 80.9. The van der Waals surface area contributed by atoms with E-state index in [9.17, 15) is 0 Å². The van der Waals surface area contributed by atoms with Gasteiger partial charge in [0.05, 0.1) is 0 Å². The summed E-state index contributed by atoms with van der Waals surface area (Å²) < 4.78 is 59.2. The van der Waals surface area contributed by atoms with Crippen LogP contribution in [0.25, 0.3) is 0 Å². The fourth-order valence-corrected chi connectivity index (χ4v) is 31.3. The molecule has 0 N–H and O–H groups in total. The van der Waals surface area contributed by atoms with E-state index in [-0.39, 0.29) is 0 Å². The highest BCUT2D eigenvalue weighted by atomic mass is 28.5. The van der Waals surface area contributed by atoms with Crippen LogP contribution in [0.3, 0.4) is 0 Å². The molecular formula is C52H52O8Si5. The zero-order valence-corrected chi connectivity index (χ0v) is 41.9. The molecule has 0 spiro atoms. The second-order valence-corrected chi connectivity index (χ2v) is 30.6. The molecule has 0 atom stereocenters. The zero-order chi connectivity index (χ0) is 45.1. The van der Waals surface area contributed by atoms with Crippen LogP contribution in [-0.2, 0) is 34.2 Å². The summed E-state index contributed by atoms with van der Waals surface area (Å²) in [5.41, 5.74) is 0. The number of benzene rings is 8. The van der Waals surface area contributed by atoms with Crippen LogP contribution in [0.1, 0.15) is 0 Å². The number of hydrogen-bond donors (Lipinski definition) is 0. The van der Waals surface area contributed by atoms with E-state index in [0.29, 0.717) is 0 Å². The standard InChI is InChI=1S/C52H52O8Si5/c1-53-64(54-2,51-41-25-11-26-42-51)59-62(47-33-17-7-18-34-47,48-35-19-8-20-36-48)57-61(45-29-13-5-14-30-45,46-31-15-6-16-32-46)58-63(49-37-21-9-22-38-49,50-39-23-10-24-40-50)60-65(55-3,56-4)52-43-27-12-28-44-52/h5-44H,1-4H3. The maximum absolute atomic E-state index is 8.53. The van der Waals surface area contributed by atoms with Crippen molar-refractivity contribution in [3.05, 3.63) is 243 Å². The van der Waals surface area contributed by atoms with Gasteiger partial charge in [-0.25, -0.2) is 0 Å². The highest BCUT2D eigenvalue weighted by molar-refractivity contribution is 7.11. The Balaban J connectivity index is 1.52. The van der Waals surface area contributed by atoms with Gasteiger partial charge in [-0.05, 0) is 31.1 Å². The van der Waals surface area contributed by atoms with Gasteiger partial charge in [0.15, 0.2) is 0 Å². The van der Waals surface area contributed by atoms with Crippen LogP contribution >= 0.6 is 0 Å². The van der Waals surface area contributed by atoms with Crippen LogP contribution in [-0.4, -0.2) is 71.7 Å². The molecule has 0 aliphatic heterocycles. The normalized spacial score (nSPS) is 12.5. The minimum Gasteiger partial charge on any atom is -0.402 e. The van der Waals surface area contributed by atoms with Gasteiger partial charge in [0.25, 0.3) is 0 Å². The lowest BCUT2D eigenvalue weighted by Crippen LogP contribution is -2.83. The quantitative estimate of drug-likeness (QED) is 0.0980. The Morgan fingerprint density at radius 2 is 0.354 bits per heavy atom. The average Bonchev–Trinajstić information content (AvgIpc) is 3.40. The Labute approximate surface area is 388 Å². The Kier molecular flexibility index (Phi) is 14.7. The van der Waals surface area contributed by atoms with Crippen LogP contribution in [0.4, 0.5) is 0 Å². The van der Waals surface area contributed by atoms with Gasteiger partial charge >= 0.3 is 43.3 Å². The highest BCUT2D eigenvalue weighted by Gasteiger charge is 2.65. The number of hydrogen-bond acceptors (Lipinski definition) is 8. The molecule has 0 saturated carbocycles. The average molecular weight is 945 g/mol. The summed E-state index contributed by atoms with van der Waals surface area (Å²) >= 11 is 0. The molecule has 0 aromatic heterocycles. The van der Waals surface area contributed by atoms with Crippen molar-refractivity contribution in [3.63, 3.8) is 0 Å². The van der Waals surface area contributed by atoms with Crippen molar-refractivity contribution < 1.29 is 34.2 Å². The van der Waals surface area contributed by atoms with Crippen LogP contribution in [0.5, 0.6) is 0 Å². The summed E-state index contributed by atoms with van der Waals surface area (Å²) in [4.78, 5) is 0. The third-order valence-electron chi connectivity index (χ3n) is 11.4. The number of rotatable bonds is 20. The molecule has 8 nitrogen and oxygen atoms in total. The van der Waals surface area contributed by atoms with Crippen LogP contribution < -0.4 is 41.5 Å². The van der Waals surface area contributed by atoms with Crippen molar-refractivity contribution in [2.24, 2.45) is 0 Å². The first kappa shape index (κ1) is 46.1. The third kappa shape index (κ3) is 9.21. The van der Waals surface area contributed by atoms with Crippen LogP contribution in [0, 0.1) is 0 Å². The highest BCUT2D eigenvalue weighted by Crippen LogP contribution is 2.29. The molecule has 8 rings (SSSR count). The molecule has 0 aliphatic rings. The van der Waals surface area contributed by atoms with Gasteiger partial charge in [-0.15, -0.1) is 0 Å². The molecule has 0 radical (unpaired) electrons. The summed E-state index contributed by atoms with van der Waals surface area (Å²) in [5, 5.41) is 6.53. The van der Waals surface area contributed by atoms with Crippen molar-refractivity contribution in [2.45, 2.75) is 0 Å². The van der Waals surface area contributed by atoms with Gasteiger partial charge in [-0.2, -0.15) is 0 Å². The molecule has 0 saturated heterocycles. The second-order valence-electron chi connectivity index (χ2n) is 15.1. The maximum Gasteiger partial charge on any atom is 0.528 e. The molecular weight excluding hydrogens is 893 g/mol. The fraction of sp³-hybridized carbons (Fsp3) is 0.0769. The van der Waals surface area contributed by atoms with E-state index in [1.807, 2.05) is 170 Å². The topological polar surface area (TPSA) is 73.8 Å². The molecule has 0 amide bonds. The monoisotopic (exact) mass is 944 g/mol. The molecule has 328 valence electrons. The first-order chi connectivity index (χ1) is 31.9. The lowest BCUT2D eigenvalue weighted by molar-refractivity contribution is 0.158. The first-order valence-corrected chi connectivity index (χ1v) is 30.3. The molecule has 8 aromatic carbocycles. The molecule has 0 bridgehead atoms. The van der Waals surface area contributed by atoms with Gasteiger partial charge in [0.1, 0.15) is 0 Å². The van der Waals surface area contributed by atoms with E-state index in [4.69, 9.17) is 34.2 Å². The second kappa shape index (κ2) is 20.8. The predicted octanol–water partition coefficient (Wildman–Crippen LogP) is 5.10. The van der Waals surface area contributed by atoms with E-state index in [0.717, 1.165) is 41.5 Å². The SMILES string of the molecule is CO[Si](OC)(O[Si](O[Si](O[Si](O[Si](OC)(OC)c1ccccc1)(c1ccccc1)c1ccccc1)(c1ccccc1)c1ccccc1)(c1ccccc1)c1ccccc1)c1ccccc1. The lowest BCUT2D eigenvalue weighted by atomic mass is 10.4. The lowest BCUT2D eigenvalue weighted by Gasteiger charge is -2.48. The first-order valence-electron chi connectivity index (χ1n) is 21.4. The Hall–Kier alpha value is -5.48. The maximum atomic E-state index is 8.53. The molecule has 8 aromatic rings. The molecule has 0 fully saturated rings. The third-order valence-corrected chi connectivity index (χ3v) is 31.2. The van der Waals surface area contributed by atoms with E-state index in [1.165, 1.54) is 0 Å². The van der Waals surface area contributed by atoms with E-state index in [2.05, 4.69) is 72.8 Å². The van der Waals surface area contributed by atoms with E-state index < -0.39 is 43.3 Å². The smallest absolute Gasteiger partial charge is 0.402 e. The van der Waals surface area contributed by atoms with Crippen molar-refractivity contribution in [1.82, 2.24) is 0 Å². The van der Waals surface area contributed by atoms with Gasteiger partial charge in [0.2, 0.25) is 0 Å². The van der Waals surface area contributed by atoms with Crippen molar-refractivity contribution >= 4 is 84.8 Å². The zero-order valence-electron chi connectivity index (χ0n) is 36.9. The largest absolute Gasteiger partial charge is 0.528 e. The van der Waals surface area contributed by atoms with Gasteiger partial charge in [-0.1, -0.05) is 243 Å². The summed E-state index contributed by atoms with van der Waals surface area (Å²) in [7, 11) is -13.8. The molecule has 13 heteroatoms. The Bertz CT molecular complexity index is 2390. The Morgan fingerprint density at radius 3 is 0.523 bits per heavy atom. The molecule has 0 unspecified atom stereocenters. The van der Waals surface area contributed by atoms with Crippen LogP contribution in [0.15, 0.2) is 243 Å².